The number of aromatic nitrogens is 3. The van der Waals surface area contributed by atoms with Crippen LogP contribution in [-0.2, 0) is 0 Å². The van der Waals surface area contributed by atoms with Crippen molar-refractivity contribution in [2.75, 3.05) is 32.8 Å². The van der Waals surface area contributed by atoms with Crippen molar-refractivity contribution < 1.29 is 13.5 Å². The van der Waals surface area contributed by atoms with E-state index in [2.05, 4.69) is 30.4 Å². The average Bonchev–Trinajstić information content (AvgIpc) is 3.22. The summed E-state index contributed by atoms with van der Waals surface area (Å²) in [6.07, 6.45) is 3.50. The third-order valence-corrected chi connectivity index (χ3v) is 4.46. The van der Waals surface area contributed by atoms with E-state index in [0.29, 0.717) is 18.2 Å². The van der Waals surface area contributed by atoms with Gasteiger partial charge in [0.1, 0.15) is 24.5 Å². The lowest BCUT2D eigenvalue weighted by molar-refractivity contribution is 0.295. The highest BCUT2D eigenvalue weighted by atomic mass is 127. The van der Waals surface area contributed by atoms with Gasteiger partial charge in [-0.1, -0.05) is 0 Å². The minimum absolute atomic E-state index is 0. The monoisotopic (exact) mass is 506 g/mol. The Morgan fingerprint density at radius 1 is 1.32 bits per heavy atom. The standard InChI is InChI=1S/C18H24F2N6O.HI/c1-2-21-18(22-7-10-27-14-3-4-15(19)16(20)11-14)26-8-5-13(6-9-26)17-23-12-24-25-17;/h3-4,11-13H,2,5-10H2,1H3,(H,21,22)(H,23,24,25);1H. The van der Waals surface area contributed by atoms with Gasteiger partial charge in [0, 0.05) is 31.6 Å². The largest absolute Gasteiger partial charge is 0.492 e. The summed E-state index contributed by atoms with van der Waals surface area (Å²) in [4.78, 5) is 11.0. The SMILES string of the molecule is CCNC(=NCCOc1ccc(F)c(F)c1)N1CCC(c2ncn[nH]2)CC1.I. The van der Waals surface area contributed by atoms with Crippen LogP contribution < -0.4 is 10.1 Å². The third-order valence-electron chi connectivity index (χ3n) is 4.46. The first-order valence-corrected chi connectivity index (χ1v) is 9.13. The second-order valence-corrected chi connectivity index (χ2v) is 6.29. The Hall–Kier alpha value is -1.98. The van der Waals surface area contributed by atoms with Crippen LogP contribution >= 0.6 is 24.0 Å². The number of hydrogen-bond donors (Lipinski definition) is 2. The second kappa shape index (κ2) is 11.1. The van der Waals surface area contributed by atoms with E-state index in [4.69, 9.17) is 4.74 Å². The summed E-state index contributed by atoms with van der Waals surface area (Å²) in [5, 5.41) is 10.2. The molecular formula is C18H25F2IN6O. The maximum Gasteiger partial charge on any atom is 0.194 e. The predicted octanol–water partition coefficient (Wildman–Crippen LogP) is 2.92. The molecule has 28 heavy (non-hydrogen) atoms. The molecule has 0 bridgehead atoms. The summed E-state index contributed by atoms with van der Waals surface area (Å²) in [6, 6.07) is 3.50. The molecule has 154 valence electrons. The molecule has 0 atom stereocenters. The van der Waals surface area contributed by atoms with Crippen LogP contribution in [0.4, 0.5) is 8.78 Å². The van der Waals surface area contributed by atoms with Gasteiger partial charge in [-0.15, -0.1) is 24.0 Å². The molecule has 1 aromatic heterocycles. The Balaban J connectivity index is 0.00000280. The Morgan fingerprint density at radius 3 is 2.75 bits per heavy atom. The van der Waals surface area contributed by atoms with E-state index in [1.807, 2.05) is 6.92 Å². The Kier molecular flexibility index (Phi) is 8.87. The zero-order chi connectivity index (χ0) is 19.1. The number of guanidine groups is 1. The molecule has 1 fully saturated rings. The van der Waals surface area contributed by atoms with Crippen LogP contribution in [0.25, 0.3) is 0 Å². The summed E-state index contributed by atoms with van der Waals surface area (Å²) >= 11 is 0. The number of hydrogen-bond acceptors (Lipinski definition) is 4. The quantitative estimate of drug-likeness (QED) is 0.273. The molecule has 0 unspecified atom stereocenters. The number of likely N-dealkylation sites (tertiary alicyclic amines) is 1. The van der Waals surface area contributed by atoms with Gasteiger partial charge in [-0.2, -0.15) is 5.10 Å². The van der Waals surface area contributed by atoms with Crippen LogP contribution in [-0.4, -0.2) is 58.8 Å². The van der Waals surface area contributed by atoms with E-state index in [1.165, 1.54) is 6.07 Å². The minimum atomic E-state index is -0.918. The van der Waals surface area contributed by atoms with Crippen molar-refractivity contribution in [2.45, 2.75) is 25.7 Å². The van der Waals surface area contributed by atoms with Crippen LogP contribution in [0, 0.1) is 11.6 Å². The van der Waals surface area contributed by atoms with Gasteiger partial charge < -0.3 is 15.0 Å². The van der Waals surface area contributed by atoms with E-state index in [1.54, 1.807) is 6.33 Å². The van der Waals surface area contributed by atoms with Crippen molar-refractivity contribution in [2.24, 2.45) is 4.99 Å². The lowest BCUT2D eigenvalue weighted by Gasteiger charge is -2.33. The summed E-state index contributed by atoms with van der Waals surface area (Å²) in [5.74, 6) is 0.659. The van der Waals surface area contributed by atoms with E-state index >= 15 is 0 Å². The highest BCUT2D eigenvalue weighted by Gasteiger charge is 2.24. The van der Waals surface area contributed by atoms with Crippen molar-refractivity contribution in [1.29, 1.82) is 0 Å². The lowest BCUT2D eigenvalue weighted by Crippen LogP contribution is -2.45. The van der Waals surface area contributed by atoms with Crippen molar-refractivity contribution in [1.82, 2.24) is 25.4 Å². The number of ether oxygens (including phenoxy) is 1. The number of H-pyrrole nitrogens is 1. The fraction of sp³-hybridized carbons (Fsp3) is 0.500. The van der Waals surface area contributed by atoms with Gasteiger partial charge in [0.05, 0.1) is 6.54 Å². The fourth-order valence-electron chi connectivity index (χ4n) is 3.08. The highest BCUT2D eigenvalue weighted by Crippen LogP contribution is 2.24. The molecule has 10 heteroatoms. The number of benzene rings is 1. The molecule has 0 spiro atoms. The molecule has 0 radical (unpaired) electrons. The number of aromatic amines is 1. The zero-order valence-electron chi connectivity index (χ0n) is 15.7. The first-order chi connectivity index (χ1) is 13.2. The molecule has 1 aromatic carbocycles. The molecule has 0 aliphatic carbocycles. The van der Waals surface area contributed by atoms with Gasteiger partial charge in [0.15, 0.2) is 17.6 Å². The second-order valence-electron chi connectivity index (χ2n) is 6.29. The van der Waals surface area contributed by atoms with E-state index in [9.17, 15) is 8.78 Å². The molecule has 1 aliphatic heterocycles. The molecule has 7 nitrogen and oxygen atoms in total. The topological polar surface area (TPSA) is 78.4 Å². The van der Waals surface area contributed by atoms with Crippen molar-refractivity contribution in [3.05, 3.63) is 42.0 Å². The van der Waals surface area contributed by atoms with E-state index < -0.39 is 11.6 Å². The molecule has 3 rings (SSSR count). The van der Waals surface area contributed by atoms with Gasteiger partial charge in [-0.05, 0) is 31.9 Å². The summed E-state index contributed by atoms with van der Waals surface area (Å²) in [5.41, 5.74) is 0. The van der Waals surface area contributed by atoms with Gasteiger partial charge in [-0.3, -0.25) is 5.10 Å². The Labute approximate surface area is 180 Å². The van der Waals surface area contributed by atoms with Gasteiger partial charge >= 0.3 is 0 Å². The van der Waals surface area contributed by atoms with Gasteiger partial charge in [0.2, 0.25) is 0 Å². The van der Waals surface area contributed by atoms with Gasteiger partial charge in [-0.25, -0.2) is 18.8 Å². The summed E-state index contributed by atoms with van der Waals surface area (Å²) < 4.78 is 31.6. The van der Waals surface area contributed by atoms with Crippen LogP contribution in [0.5, 0.6) is 5.75 Å². The van der Waals surface area contributed by atoms with Crippen LogP contribution in [0.1, 0.15) is 31.5 Å². The normalized spacial score (nSPS) is 15.2. The number of piperidine rings is 1. The maximum atomic E-state index is 13.2. The first-order valence-electron chi connectivity index (χ1n) is 9.13. The third kappa shape index (κ3) is 6.01. The molecular weight excluding hydrogens is 481 g/mol. The van der Waals surface area contributed by atoms with E-state index in [0.717, 1.165) is 56.4 Å². The van der Waals surface area contributed by atoms with Crippen molar-refractivity contribution in [3.8, 4) is 5.75 Å². The van der Waals surface area contributed by atoms with Crippen LogP contribution in [0.3, 0.4) is 0 Å². The average molecular weight is 506 g/mol. The molecule has 0 saturated carbocycles. The predicted molar refractivity (Wildman–Crippen MR) is 113 cm³/mol. The lowest BCUT2D eigenvalue weighted by atomic mass is 9.96. The highest BCUT2D eigenvalue weighted by molar-refractivity contribution is 14.0. The molecule has 1 saturated heterocycles. The number of halogens is 3. The van der Waals surface area contributed by atoms with Crippen molar-refractivity contribution >= 4 is 29.9 Å². The summed E-state index contributed by atoms with van der Waals surface area (Å²) in [6.45, 7) is 5.25. The van der Waals surface area contributed by atoms with Crippen LogP contribution in [0.2, 0.25) is 0 Å². The molecule has 2 aromatic rings. The molecule has 0 amide bonds. The molecule has 1 aliphatic rings. The minimum Gasteiger partial charge on any atom is -0.492 e. The maximum absolute atomic E-state index is 13.2. The number of aliphatic imine (C=N–C) groups is 1. The Bertz CT molecular complexity index is 751. The first kappa shape index (κ1) is 22.3. The fourth-order valence-corrected chi connectivity index (χ4v) is 3.08. The smallest absolute Gasteiger partial charge is 0.194 e. The summed E-state index contributed by atoms with van der Waals surface area (Å²) in [7, 11) is 0. The number of nitrogens with zero attached hydrogens (tertiary/aromatic N) is 4. The number of nitrogens with one attached hydrogen (secondary N) is 2. The van der Waals surface area contributed by atoms with Gasteiger partial charge in [0.25, 0.3) is 0 Å². The Morgan fingerprint density at radius 2 is 2.11 bits per heavy atom. The molecule has 2 heterocycles. The number of rotatable bonds is 6. The van der Waals surface area contributed by atoms with E-state index in [-0.39, 0.29) is 30.6 Å². The van der Waals surface area contributed by atoms with Crippen molar-refractivity contribution in [3.63, 3.8) is 0 Å². The van der Waals surface area contributed by atoms with Crippen LogP contribution in [0.15, 0.2) is 29.5 Å². The zero-order valence-corrected chi connectivity index (χ0v) is 18.0. The molecule has 2 N–H and O–H groups in total.